The van der Waals surface area contributed by atoms with E-state index >= 15 is 0 Å². The number of aldehydes is 1. The predicted molar refractivity (Wildman–Crippen MR) is 99.6 cm³/mol. The zero-order chi connectivity index (χ0) is 19.1. The van der Waals surface area contributed by atoms with Crippen LogP contribution in [0.25, 0.3) is 11.0 Å². The second kappa shape index (κ2) is 6.68. The van der Waals surface area contributed by atoms with Gasteiger partial charge in [0.05, 0.1) is 11.0 Å². The maximum Gasteiger partial charge on any atom is 0.329 e. The smallest absolute Gasteiger partial charge is 0.329 e. The van der Waals surface area contributed by atoms with E-state index in [4.69, 9.17) is 0 Å². The third-order valence-electron chi connectivity index (χ3n) is 5.69. The summed E-state index contributed by atoms with van der Waals surface area (Å²) in [6.45, 7) is 1.60. The number of nitrogens with one attached hydrogen (secondary N) is 1. The fourth-order valence-corrected chi connectivity index (χ4v) is 4.07. The summed E-state index contributed by atoms with van der Waals surface area (Å²) in [6.07, 6.45) is 3.24. The molecule has 1 aromatic carbocycles. The highest BCUT2D eigenvalue weighted by molar-refractivity contribution is 6.00. The van der Waals surface area contributed by atoms with Gasteiger partial charge in [-0.3, -0.25) is 24.0 Å². The van der Waals surface area contributed by atoms with Gasteiger partial charge in [-0.05, 0) is 37.5 Å². The lowest BCUT2D eigenvalue weighted by molar-refractivity contribution is -0.135. The van der Waals surface area contributed by atoms with Gasteiger partial charge in [-0.1, -0.05) is 0 Å². The first kappa shape index (κ1) is 17.5. The number of fused-ring (bicyclic) bond motifs is 1. The van der Waals surface area contributed by atoms with Crippen LogP contribution in [0.1, 0.15) is 31.7 Å². The van der Waals surface area contributed by atoms with Crippen LogP contribution in [-0.2, 0) is 21.4 Å². The molecule has 2 aliphatic heterocycles. The number of imidazole rings is 1. The summed E-state index contributed by atoms with van der Waals surface area (Å²) in [7, 11) is 1.69. The Morgan fingerprint density at radius 2 is 1.81 bits per heavy atom. The van der Waals surface area contributed by atoms with Crippen molar-refractivity contribution in [3.63, 3.8) is 0 Å². The number of hydrogen-bond acceptors (Lipinski definition) is 5. The standard InChI is InChI=1S/C19H22N4O4/c1-21-16-10-13(22-8-6-12(11-24)7-9-22)2-3-14(16)23(19(21)27)15-4-5-17(25)20-18(15)26/h2-3,10-12,15H,4-9H2,1H3,(H,20,25,26). The fourth-order valence-electron chi connectivity index (χ4n) is 4.07. The lowest BCUT2D eigenvalue weighted by Crippen LogP contribution is -2.44. The van der Waals surface area contributed by atoms with E-state index in [1.165, 1.54) is 4.57 Å². The largest absolute Gasteiger partial charge is 0.371 e. The normalized spacial score (nSPS) is 21.5. The van der Waals surface area contributed by atoms with E-state index < -0.39 is 11.9 Å². The molecule has 0 spiro atoms. The average molecular weight is 370 g/mol. The van der Waals surface area contributed by atoms with Crippen LogP contribution in [0.4, 0.5) is 5.69 Å². The molecule has 2 aromatic rings. The van der Waals surface area contributed by atoms with Gasteiger partial charge in [-0.25, -0.2) is 4.79 Å². The van der Waals surface area contributed by atoms with Crippen LogP contribution < -0.4 is 15.9 Å². The molecule has 4 rings (SSSR count). The second-order valence-corrected chi connectivity index (χ2v) is 7.31. The van der Waals surface area contributed by atoms with Gasteiger partial charge in [0.1, 0.15) is 12.3 Å². The van der Waals surface area contributed by atoms with E-state index in [9.17, 15) is 19.2 Å². The number of anilines is 1. The van der Waals surface area contributed by atoms with Crippen molar-refractivity contribution < 1.29 is 14.4 Å². The van der Waals surface area contributed by atoms with Crippen LogP contribution in [-0.4, -0.2) is 40.3 Å². The summed E-state index contributed by atoms with van der Waals surface area (Å²) in [5.74, 6) is -0.602. The number of aryl methyl sites for hydroxylation is 1. The number of carbonyl (C=O) groups excluding carboxylic acids is 3. The summed E-state index contributed by atoms with van der Waals surface area (Å²) >= 11 is 0. The Hall–Kier alpha value is -2.90. The summed E-state index contributed by atoms with van der Waals surface area (Å²) < 4.78 is 3.03. The molecule has 1 unspecified atom stereocenters. The first-order valence-electron chi connectivity index (χ1n) is 9.24. The minimum Gasteiger partial charge on any atom is -0.371 e. The monoisotopic (exact) mass is 370 g/mol. The summed E-state index contributed by atoms with van der Waals surface area (Å²) in [4.78, 5) is 49.6. The van der Waals surface area contributed by atoms with Crippen LogP contribution in [0.2, 0.25) is 0 Å². The number of imide groups is 1. The first-order chi connectivity index (χ1) is 13.0. The molecule has 142 valence electrons. The highest BCUT2D eigenvalue weighted by Crippen LogP contribution is 2.28. The average Bonchev–Trinajstić information content (AvgIpc) is 2.92. The molecule has 2 aliphatic rings. The van der Waals surface area contributed by atoms with Gasteiger partial charge >= 0.3 is 5.69 Å². The minimum absolute atomic E-state index is 0.128. The Balaban J connectivity index is 1.71. The number of benzene rings is 1. The number of piperidine rings is 2. The summed E-state index contributed by atoms with van der Waals surface area (Å²) in [5.41, 5.74) is 2.17. The van der Waals surface area contributed by atoms with Crippen molar-refractivity contribution in [1.82, 2.24) is 14.5 Å². The Morgan fingerprint density at radius 3 is 2.48 bits per heavy atom. The van der Waals surface area contributed by atoms with E-state index in [-0.39, 0.29) is 23.9 Å². The van der Waals surface area contributed by atoms with Crippen molar-refractivity contribution >= 4 is 34.8 Å². The predicted octanol–water partition coefficient (Wildman–Crippen LogP) is 0.733. The molecule has 1 atom stereocenters. The van der Waals surface area contributed by atoms with Crippen LogP contribution >= 0.6 is 0 Å². The third-order valence-corrected chi connectivity index (χ3v) is 5.69. The molecule has 27 heavy (non-hydrogen) atoms. The van der Waals surface area contributed by atoms with Gasteiger partial charge in [0, 0.05) is 38.2 Å². The highest BCUT2D eigenvalue weighted by Gasteiger charge is 2.31. The molecule has 0 bridgehead atoms. The zero-order valence-electron chi connectivity index (χ0n) is 15.2. The highest BCUT2D eigenvalue weighted by atomic mass is 16.2. The Labute approximate surface area is 155 Å². The van der Waals surface area contributed by atoms with Crippen LogP contribution in [0.3, 0.4) is 0 Å². The SMILES string of the molecule is Cn1c(=O)n(C2CCC(=O)NC2=O)c2ccc(N3CCC(C=O)CC3)cc21. The number of aromatic nitrogens is 2. The second-order valence-electron chi connectivity index (χ2n) is 7.31. The van der Waals surface area contributed by atoms with Gasteiger partial charge in [-0.2, -0.15) is 0 Å². The topological polar surface area (TPSA) is 93.4 Å². The van der Waals surface area contributed by atoms with Gasteiger partial charge in [0.25, 0.3) is 0 Å². The molecule has 2 amide bonds. The van der Waals surface area contributed by atoms with Gasteiger partial charge < -0.3 is 9.69 Å². The Morgan fingerprint density at radius 1 is 1.07 bits per heavy atom. The van der Waals surface area contributed by atoms with Crippen molar-refractivity contribution in [2.75, 3.05) is 18.0 Å². The van der Waals surface area contributed by atoms with E-state index in [1.54, 1.807) is 11.6 Å². The molecule has 1 N–H and O–H groups in total. The maximum atomic E-state index is 12.8. The summed E-state index contributed by atoms with van der Waals surface area (Å²) in [6, 6.07) is 5.10. The molecule has 0 radical (unpaired) electrons. The van der Waals surface area contributed by atoms with E-state index in [1.807, 2.05) is 18.2 Å². The molecular weight excluding hydrogens is 348 g/mol. The van der Waals surface area contributed by atoms with Crippen LogP contribution in [0, 0.1) is 5.92 Å². The van der Waals surface area contributed by atoms with Crippen molar-refractivity contribution in [2.24, 2.45) is 13.0 Å². The zero-order valence-corrected chi connectivity index (χ0v) is 15.2. The number of amides is 2. The molecule has 8 nitrogen and oxygen atoms in total. The van der Waals surface area contributed by atoms with Crippen molar-refractivity contribution in [2.45, 2.75) is 31.7 Å². The number of carbonyl (C=O) groups is 3. The molecule has 2 saturated heterocycles. The molecule has 3 heterocycles. The number of rotatable bonds is 3. The Bertz CT molecular complexity index is 981. The van der Waals surface area contributed by atoms with Crippen LogP contribution in [0.5, 0.6) is 0 Å². The van der Waals surface area contributed by atoms with Crippen LogP contribution in [0.15, 0.2) is 23.0 Å². The minimum atomic E-state index is -0.673. The summed E-state index contributed by atoms with van der Waals surface area (Å²) in [5, 5.41) is 2.32. The molecular formula is C19H22N4O4. The first-order valence-corrected chi connectivity index (χ1v) is 9.24. The number of hydrogen-bond donors (Lipinski definition) is 1. The molecule has 0 aliphatic carbocycles. The maximum absolute atomic E-state index is 12.8. The van der Waals surface area contributed by atoms with Crippen molar-refractivity contribution in [3.8, 4) is 0 Å². The van der Waals surface area contributed by atoms with E-state index in [2.05, 4.69) is 10.2 Å². The quantitative estimate of drug-likeness (QED) is 0.635. The van der Waals surface area contributed by atoms with Gasteiger partial charge in [-0.15, -0.1) is 0 Å². The molecule has 2 fully saturated rings. The number of nitrogens with zero attached hydrogens (tertiary/aromatic N) is 3. The molecule has 1 aromatic heterocycles. The van der Waals surface area contributed by atoms with Gasteiger partial charge in [0.15, 0.2) is 0 Å². The van der Waals surface area contributed by atoms with Crippen molar-refractivity contribution in [3.05, 3.63) is 28.7 Å². The fraction of sp³-hybridized carbons (Fsp3) is 0.474. The third kappa shape index (κ3) is 2.94. The lowest BCUT2D eigenvalue weighted by Gasteiger charge is -2.31. The van der Waals surface area contributed by atoms with E-state index in [0.29, 0.717) is 11.9 Å². The Kier molecular flexibility index (Phi) is 4.33. The van der Waals surface area contributed by atoms with E-state index in [0.717, 1.165) is 43.4 Å². The van der Waals surface area contributed by atoms with Crippen molar-refractivity contribution in [1.29, 1.82) is 0 Å². The molecule has 8 heteroatoms. The molecule has 0 saturated carbocycles. The lowest BCUT2D eigenvalue weighted by atomic mass is 9.98. The van der Waals surface area contributed by atoms with Gasteiger partial charge in [0.2, 0.25) is 11.8 Å².